The van der Waals surface area contributed by atoms with E-state index < -0.39 is 11.9 Å². The molecule has 6 nitrogen and oxygen atoms in total. The van der Waals surface area contributed by atoms with Gasteiger partial charge < -0.3 is 20.0 Å². The second kappa shape index (κ2) is 11.5. The van der Waals surface area contributed by atoms with Crippen molar-refractivity contribution in [2.75, 3.05) is 56.0 Å². The molecule has 2 aliphatic rings. The zero-order valence-electron chi connectivity index (χ0n) is 19.6. The van der Waals surface area contributed by atoms with Gasteiger partial charge in [0.1, 0.15) is 5.69 Å². The van der Waals surface area contributed by atoms with Crippen molar-refractivity contribution >= 4 is 28.9 Å². The minimum absolute atomic E-state index is 0.0343. The van der Waals surface area contributed by atoms with Crippen LogP contribution in [-0.4, -0.2) is 72.5 Å². The van der Waals surface area contributed by atoms with Crippen molar-refractivity contribution in [1.29, 1.82) is 0 Å². The molecule has 10 heteroatoms. The van der Waals surface area contributed by atoms with Crippen molar-refractivity contribution in [2.45, 2.75) is 37.9 Å². The maximum atomic E-state index is 12.9. The highest BCUT2D eigenvalue weighted by Crippen LogP contribution is 2.29. The van der Waals surface area contributed by atoms with Gasteiger partial charge in [0.05, 0.1) is 0 Å². The first-order chi connectivity index (χ1) is 16.8. The number of nitrogens with one attached hydrogen (secondary N) is 1. The highest BCUT2D eigenvalue weighted by atomic mass is 35.5. The van der Waals surface area contributed by atoms with Crippen LogP contribution < -0.4 is 10.2 Å². The highest BCUT2D eigenvalue weighted by Gasteiger charge is 2.32. The van der Waals surface area contributed by atoms with E-state index >= 15 is 0 Å². The zero-order chi connectivity index (χ0) is 24.8. The SMILES string of the molecule is O=C(CCN1CCCN(c2ccc(Cl)cc2)CC1)N1CCC(Nc2ccnc(C(F)(F)F)c2)CC1. The van der Waals surface area contributed by atoms with Crippen LogP contribution in [0.4, 0.5) is 24.5 Å². The lowest BCUT2D eigenvalue weighted by atomic mass is 10.0. The maximum Gasteiger partial charge on any atom is 0.433 e. The molecule has 0 radical (unpaired) electrons. The fourth-order valence-corrected chi connectivity index (χ4v) is 4.83. The minimum Gasteiger partial charge on any atom is -0.382 e. The normalized spacial score (nSPS) is 18.4. The fourth-order valence-electron chi connectivity index (χ4n) is 4.70. The van der Waals surface area contributed by atoms with Crippen molar-refractivity contribution in [3.63, 3.8) is 0 Å². The van der Waals surface area contributed by atoms with E-state index in [-0.39, 0.29) is 11.9 Å². The van der Waals surface area contributed by atoms with E-state index in [2.05, 4.69) is 20.1 Å². The van der Waals surface area contributed by atoms with Crippen LogP contribution in [0.3, 0.4) is 0 Å². The zero-order valence-corrected chi connectivity index (χ0v) is 20.4. The van der Waals surface area contributed by atoms with Gasteiger partial charge in [-0.1, -0.05) is 11.6 Å². The van der Waals surface area contributed by atoms with E-state index in [1.165, 1.54) is 11.9 Å². The predicted octanol–water partition coefficient (Wildman–Crippen LogP) is 4.76. The van der Waals surface area contributed by atoms with Gasteiger partial charge in [-0.25, -0.2) is 0 Å². The Bertz CT molecular complexity index is 980. The Labute approximate surface area is 209 Å². The molecule has 2 fully saturated rings. The number of hydrogen-bond acceptors (Lipinski definition) is 5. The van der Waals surface area contributed by atoms with Crippen LogP contribution in [0, 0.1) is 0 Å². The number of nitrogens with zero attached hydrogens (tertiary/aromatic N) is 4. The van der Waals surface area contributed by atoms with E-state index in [0.717, 1.165) is 50.2 Å². The summed E-state index contributed by atoms with van der Waals surface area (Å²) in [6.45, 7) is 5.73. The fraction of sp³-hybridized carbons (Fsp3) is 0.520. The molecule has 4 rings (SSSR count). The Hall–Kier alpha value is -2.52. The van der Waals surface area contributed by atoms with Gasteiger partial charge in [0, 0.05) is 74.3 Å². The molecule has 35 heavy (non-hydrogen) atoms. The lowest BCUT2D eigenvalue weighted by Gasteiger charge is -2.33. The van der Waals surface area contributed by atoms with Crippen LogP contribution in [0.1, 0.15) is 31.4 Å². The highest BCUT2D eigenvalue weighted by molar-refractivity contribution is 6.30. The topological polar surface area (TPSA) is 51.7 Å². The van der Waals surface area contributed by atoms with E-state index in [1.807, 2.05) is 29.2 Å². The van der Waals surface area contributed by atoms with Crippen LogP contribution in [0.2, 0.25) is 5.02 Å². The van der Waals surface area contributed by atoms with Gasteiger partial charge in [0.15, 0.2) is 0 Å². The first kappa shape index (κ1) is 25.6. The molecule has 0 spiro atoms. The summed E-state index contributed by atoms with van der Waals surface area (Å²) in [5, 5.41) is 3.90. The average molecular weight is 510 g/mol. The average Bonchev–Trinajstić information content (AvgIpc) is 3.09. The second-order valence-electron chi connectivity index (χ2n) is 9.14. The lowest BCUT2D eigenvalue weighted by molar-refractivity contribution is -0.141. The third kappa shape index (κ3) is 7.24. The summed E-state index contributed by atoms with van der Waals surface area (Å²) in [4.78, 5) is 22.8. The predicted molar refractivity (Wildman–Crippen MR) is 132 cm³/mol. The Morgan fingerprint density at radius 2 is 1.77 bits per heavy atom. The summed E-state index contributed by atoms with van der Waals surface area (Å²) >= 11 is 6.00. The largest absolute Gasteiger partial charge is 0.433 e. The summed E-state index contributed by atoms with van der Waals surface area (Å²) in [7, 11) is 0. The van der Waals surface area contributed by atoms with Crippen LogP contribution >= 0.6 is 11.6 Å². The molecule has 2 saturated heterocycles. The van der Waals surface area contributed by atoms with Crippen LogP contribution in [-0.2, 0) is 11.0 Å². The number of carbonyl (C=O) groups excluding carboxylic acids is 1. The number of likely N-dealkylation sites (tertiary alicyclic amines) is 1. The molecule has 0 aliphatic carbocycles. The molecule has 2 aromatic rings. The molecule has 190 valence electrons. The number of rotatable bonds is 6. The monoisotopic (exact) mass is 509 g/mol. The van der Waals surface area contributed by atoms with Crippen molar-refractivity contribution < 1.29 is 18.0 Å². The standard InChI is InChI=1S/C25H31ClF3N5O/c26-19-2-4-22(5-3-19)33-12-1-11-32(16-17-33)13-9-24(35)34-14-7-20(8-15-34)31-21-6-10-30-23(18-21)25(27,28)29/h2-6,10,18,20H,1,7-9,11-17H2,(H,30,31). The third-order valence-corrected chi connectivity index (χ3v) is 6.94. The molecule has 0 bridgehead atoms. The first-order valence-corrected chi connectivity index (χ1v) is 12.5. The van der Waals surface area contributed by atoms with E-state index in [9.17, 15) is 18.0 Å². The van der Waals surface area contributed by atoms with Crippen molar-refractivity contribution in [3.8, 4) is 0 Å². The van der Waals surface area contributed by atoms with Crippen LogP contribution in [0.5, 0.6) is 0 Å². The molecule has 0 saturated carbocycles. The number of aromatic nitrogens is 1. The number of anilines is 2. The lowest BCUT2D eigenvalue weighted by Crippen LogP contribution is -2.43. The number of benzene rings is 1. The molecule has 1 amide bonds. The number of hydrogen-bond donors (Lipinski definition) is 1. The number of piperidine rings is 1. The van der Waals surface area contributed by atoms with Gasteiger partial charge in [-0.05, 0) is 62.2 Å². The molecule has 3 heterocycles. The quantitative estimate of drug-likeness (QED) is 0.608. The summed E-state index contributed by atoms with van der Waals surface area (Å²) in [5.41, 5.74) is 0.677. The number of alkyl halides is 3. The van der Waals surface area contributed by atoms with Crippen molar-refractivity contribution in [1.82, 2.24) is 14.8 Å². The molecule has 2 aliphatic heterocycles. The summed E-state index contributed by atoms with van der Waals surface area (Å²) in [5.74, 6) is 0.144. The molecular weight excluding hydrogens is 479 g/mol. The molecule has 1 N–H and O–H groups in total. The smallest absolute Gasteiger partial charge is 0.382 e. The Morgan fingerprint density at radius 3 is 2.49 bits per heavy atom. The summed E-state index contributed by atoms with van der Waals surface area (Å²) in [6.07, 6.45) is -0.363. The van der Waals surface area contributed by atoms with Gasteiger partial charge in [0.2, 0.25) is 5.91 Å². The van der Waals surface area contributed by atoms with E-state index in [0.29, 0.717) is 38.0 Å². The van der Waals surface area contributed by atoms with Gasteiger partial charge in [-0.3, -0.25) is 9.78 Å². The van der Waals surface area contributed by atoms with E-state index in [4.69, 9.17) is 11.6 Å². The van der Waals surface area contributed by atoms with Crippen LogP contribution in [0.15, 0.2) is 42.6 Å². The maximum absolute atomic E-state index is 12.9. The van der Waals surface area contributed by atoms with Crippen molar-refractivity contribution in [2.24, 2.45) is 0 Å². The van der Waals surface area contributed by atoms with Gasteiger partial charge >= 0.3 is 6.18 Å². The number of halogens is 4. The third-order valence-electron chi connectivity index (χ3n) is 6.69. The number of amides is 1. The van der Waals surface area contributed by atoms with E-state index in [1.54, 1.807) is 6.07 Å². The Morgan fingerprint density at radius 1 is 1.03 bits per heavy atom. The van der Waals surface area contributed by atoms with Gasteiger partial charge in [-0.2, -0.15) is 13.2 Å². The van der Waals surface area contributed by atoms with Crippen molar-refractivity contribution in [3.05, 3.63) is 53.3 Å². The molecule has 1 aromatic carbocycles. The molecule has 0 unspecified atom stereocenters. The van der Waals surface area contributed by atoms with Crippen LogP contribution in [0.25, 0.3) is 0 Å². The minimum atomic E-state index is -4.46. The van der Waals surface area contributed by atoms with Gasteiger partial charge in [0.25, 0.3) is 0 Å². The molecule has 1 aromatic heterocycles. The summed E-state index contributed by atoms with van der Waals surface area (Å²) < 4.78 is 38.6. The molecular formula is C25H31ClF3N5O. The summed E-state index contributed by atoms with van der Waals surface area (Å²) in [6, 6.07) is 10.5. The molecule has 0 atom stereocenters. The number of pyridine rings is 1. The first-order valence-electron chi connectivity index (χ1n) is 12.1. The Kier molecular flexibility index (Phi) is 8.38. The Balaban J connectivity index is 1.19. The second-order valence-corrected chi connectivity index (χ2v) is 9.57. The number of carbonyl (C=O) groups is 1. The van der Waals surface area contributed by atoms with Gasteiger partial charge in [-0.15, -0.1) is 0 Å².